The van der Waals surface area contributed by atoms with Crippen LogP contribution >= 0.6 is 0 Å². The van der Waals surface area contributed by atoms with E-state index in [9.17, 15) is 0 Å². The Morgan fingerprint density at radius 1 is 0.625 bits per heavy atom. The van der Waals surface area contributed by atoms with E-state index in [-0.39, 0.29) is 0 Å². The monoisotopic (exact) mass is 722 g/mol. The number of rotatable bonds is 12. The summed E-state index contributed by atoms with van der Waals surface area (Å²) in [6.07, 6.45) is 29.8. The summed E-state index contributed by atoms with van der Waals surface area (Å²) in [4.78, 5) is 4.62. The third-order valence-electron chi connectivity index (χ3n) is 9.60. The average Bonchev–Trinajstić information content (AvgIpc) is 3.52. The predicted molar refractivity (Wildman–Crippen MR) is 244 cm³/mol. The van der Waals surface area contributed by atoms with Crippen LogP contribution in [0.4, 0.5) is 22.7 Å². The van der Waals surface area contributed by atoms with Crippen LogP contribution in [-0.4, -0.2) is 0 Å². The minimum Gasteiger partial charge on any atom is -0.310 e. The quantitative estimate of drug-likeness (QED) is 0.0705. The molecule has 56 heavy (non-hydrogen) atoms. The van der Waals surface area contributed by atoms with Crippen molar-refractivity contribution in [2.45, 2.75) is 20.3 Å². The summed E-state index contributed by atoms with van der Waals surface area (Å²) >= 11 is 0. The van der Waals surface area contributed by atoms with Crippen molar-refractivity contribution in [3.05, 3.63) is 247 Å². The molecule has 7 rings (SSSR count). The van der Waals surface area contributed by atoms with Gasteiger partial charge in [-0.2, -0.15) is 0 Å². The molecule has 272 valence electrons. The molecule has 0 atom stereocenters. The van der Waals surface area contributed by atoms with Crippen LogP contribution in [0.25, 0.3) is 33.7 Å². The van der Waals surface area contributed by atoms with Gasteiger partial charge in [0.2, 0.25) is 0 Å². The van der Waals surface area contributed by atoms with Gasteiger partial charge in [-0.05, 0) is 125 Å². The summed E-state index contributed by atoms with van der Waals surface area (Å²) in [6, 6.07) is 47.9. The maximum Gasteiger partial charge on any atom is 0.0890 e. The van der Waals surface area contributed by atoms with E-state index in [0.29, 0.717) is 0 Å². The molecule has 0 N–H and O–H groups in total. The molecule has 0 fully saturated rings. The zero-order valence-electron chi connectivity index (χ0n) is 32.1. The zero-order chi connectivity index (χ0) is 38.5. The Morgan fingerprint density at radius 3 is 2.09 bits per heavy atom. The molecular formula is C54H46N2. The van der Waals surface area contributed by atoms with E-state index in [1.807, 2.05) is 25.2 Å². The molecule has 0 heterocycles. The Kier molecular flexibility index (Phi) is 12.1. The van der Waals surface area contributed by atoms with Crippen molar-refractivity contribution >= 4 is 56.4 Å². The maximum absolute atomic E-state index is 3.81. The Balaban J connectivity index is 1.17. The molecule has 0 aromatic heterocycles. The molecule has 0 bridgehead atoms. The molecule has 1 aliphatic carbocycles. The van der Waals surface area contributed by atoms with E-state index in [0.717, 1.165) is 57.3 Å². The minimum atomic E-state index is 0.799. The van der Waals surface area contributed by atoms with Gasteiger partial charge in [0, 0.05) is 34.9 Å². The highest BCUT2D eigenvalue weighted by atomic mass is 15.2. The highest BCUT2D eigenvalue weighted by molar-refractivity contribution is 5.91. The van der Waals surface area contributed by atoms with E-state index in [1.165, 1.54) is 21.5 Å². The van der Waals surface area contributed by atoms with E-state index in [2.05, 4.69) is 223 Å². The molecule has 0 aliphatic heterocycles. The minimum absolute atomic E-state index is 0.799. The molecular weight excluding hydrogens is 677 g/mol. The second-order valence-corrected chi connectivity index (χ2v) is 13.6. The molecule has 2 nitrogen and oxygen atoms in total. The van der Waals surface area contributed by atoms with Crippen LogP contribution < -0.4 is 9.80 Å². The third kappa shape index (κ3) is 9.14. The fourth-order valence-corrected chi connectivity index (χ4v) is 6.92. The Labute approximate surface area is 332 Å². The second kappa shape index (κ2) is 18.3. The Bertz CT molecular complexity index is 2620. The number of hydrogen-bond acceptors (Lipinski definition) is 2. The van der Waals surface area contributed by atoms with Gasteiger partial charge in [-0.3, -0.25) is 0 Å². The summed E-state index contributed by atoms with van der Waals surface area (Å²) in [5, 5.41) is 4.82. The van der Waals surface area contributed by atoms with Crippen molar-refractivity contribution in [1.82, 2.24) is 0 Å². The van der Waals surface area contributed by atoms with Gasteiger partial charge < -0.3 is 9.80 Å². The third-order valence-corrected chi connectivity index (χ3v) is 9.60. The molecule has 6 aromatic carbocycles. The van der Waals surface area contributed by atoms with Crippen LogP contribution in [0.15, 0.2) is 236 Å². The van der Waals surface area contributed by atoms with Gasteiger partial charge in [0.25, 0.3) is 0 Å². The van der Waals surface area contributed by atoms with Crippen LogP contribution in [0.5, 0.6) is 0 Å². The van der Waals surface area contributed by atoms with Crippen molar-refractivity contribution in [3.63, 3.8) is 0 Å². The smallest absolute Gasteiger partial charge is 0.0890 e. The van der Waals surface area contributed by atoms with E-state index in [1.54, 1.807) is 6.08 Å². The van der Waals surface area contributed by atoms with Crippen LogP contribution in [0, 0.1) is 0 Å². The van der Waals surface area contributed by atoms with Gasteiger partial charge in [-0.25, -0.2) is 0 Å². The highest BCUT2D eigenvalue weighted by Gasteiger charge is 2.17. The molecule has 1 aliphatic rings. The van der Waals surface area contributed by atoms with Crippen LogP contribution in [-0.2, 0) is 0 Å². The molecule has 6 aromatic rings. The lowest BCUT2D eigenvalue weighted by molar-refractivity contribution is 1.04. The summed E-state index contributed by atoms with van der Waals surface area (Å²) in [5.41, 5.74) is 13.6. The standard InChI is InChI=1S/C54H46N2/c1-4-6-7-11-25-52(38-42(3)18-5-2)56(50-21-12-8-9-13-22-50)54-37-33-47-39-44(28-31-48(47)41-54)27-26-43-29-34-51(35-30-43)55(49-23-14-10-15-24-49)53-36-32-45-19-16-17-20-46(45)40-53/h4-21,23-24,26-41H,1,22H2,2-3H3/b7-6+,18-5-,27-26+,42-38+. The molecule has 0 amide bonds. The number of nitrogens with zero attached hydrogens (tertiary/aromatic N) is 2. The first-order valence-electron chi connectivity index (χ1n) is 19.1. The van der Waals surface area contributed by atoms with Gasteiger partial charge in [-0.1, -0.05) is 158 Å². The first kappa shape index (κ1) is 37.2. The molecule has 2 heteroatoms. The topological polar surface area (TPSA) is 6.48 Å². The Hall–Kier alpha value is -7.12. The van der Waals surface area contributed by atoms with Gasteiger partial charge >= 0.3 is 0 Å². The van der Waals surface area contributed by atoms with Crippen molar-refractivity contribution in [2.75, 3.05) is 9.80 Å². The van der Waals surface area contributed by atoms with Crippen LogP contribution in [0.1, 0.15) is 31.4 Å². The fourth-order valence-electron chi connectivity index (χ4n) is 6.92. The summed E-state index contributed by atoms with van der Waals surface area (Å²) in [7, 11) is 0. The fraction of sp³-hybridized carbons (Fsp3) is 0.0556. The molecule has 0 saturated carbocycles. The number of para-hydroxylation sites is 1. The number of hydrogen-bond donors (Lipinski definition) is 0. The van der Waals surface area contributed by atoms with Gasteiger partial charge in [-0.15, -0.1) is 0 Å². The van der Waals surface area contributed by atoms with Crippen LogP contribution in [0.2, 0.25) is 0 Å². The summed E-state index contributed by atoms with van der Waals surface area (Å²) < 4.78 is 0. The Morgan fingerprint density at radius 2 is 1.27 bits per heavy atom. The SMILES string of the molecule is C=C/C=C/C=C=C(/C=C(C)/C=C\C)N(C1=CC=CC=CC1)c1ccc2cc(/C=C/c3ccc(N(c4ccccc4)c4ccc5ccccc5c4)cc3)ccc2c1. The first-order valence-corrected chi connectivity index (χ1v) is 19.1. The maximum atomic E-state index is 3.81. The van der Waals surface area contributed by atoms with Crippen LogP contribution in [0.3, 0.4) is 0 Å². The van der Waals surface area contributed by atoms with Crippen molar-refractivity contribution in [1.29, 1.82) is 0 Å². The number of allylic oxidation sites excluding steroid dienone is 12. The lowest BCUT2D eigenvalue weighted by atomic mass is 10.0. The lowest BCUT2D eigenvalue weighted by Crippen LogP contribution is -2.20. The van der Waals surface area contributed by atoms with Gasteiger partial charge in [0.05, 0.1) is 5.70 Å². The number of anilines is 4. The first-order chi connectivity index (χ1) is 27.6. The van der Waals surface area contributed by atoms with Gasteiger partial charge in [0.1, 0.15) is 0 Å². The highest BCUT2D eigenvalue weighted by Crippen LogP contribution is 2.36. The predicted octanol–water partition coefficient (Wildman–Crippen LogP) is 15.1. The lowest BCUT2D eigenvalue weighted by Gasteiger charge is -2.28. The van der Waals surface area contributed by atoms with Crippen molar-refractivity contribution < 1.29 is 0 Å². The second-order valence-electron chi connectivity index (χ2n) is 13.6. The zero-order valence-corrected chi connectivity index (χ0v) is 32.1. The van der Waals surface area contributed by atoms with Crippen molar-refractivity contribution in [2.24, 2.45) is 0 Å². The van der Waals surface area contributed by atoms with E-state index < -0.39 is 0 Å². The largest absolute Gasteiger partial charge is 0.310 e. The summed E-state index contributed by atoms with van der Waals surface area (Å²) in [5.74, 6) is 0. The van der Waals surface area contributed by atoms with E-state index in [4.69, 9.17) is 0 Å². The van der Waals surface area contributed by atoms with Crippen molar-refractivity contribution in [3.8, 4) is 0 Å². The molecule has 0 unspecified atom stereocenters. The average molecular weight is 723 g/mol. The number of fused-ring (bicyclic) bond motifs is 2. The molecule has 0 spiro atoms. The number of benzene rings is 6. The molecule has 0 saturated heterocycles. The summed E-state index contributed by atoms with van der Waals surface area (Å²) in [6.45, 7) is 7.97. The van der Waals surface area contributed by atoms with Gasteiger partial charge in [0.15, 0.2) is 0 Å². The normalized spacial score (nSPS) is 13.0. The molecule has 0 radical (unpaired) electrons. The van der Waals surface area contributed by atoms with E-state index >= 15 is 0 Å².